The van der Waals surface area contributed by atoms with Crippen LogP contribution in [0.15, 0.2) is 16.7 Å². The molecule has 2 rings (SSSR count). The van der Waals surface area contributed by atoms with E-state index < -0.39 is 0 Å². The molecule has 21 heavy (non-hydrogen) atoms. The van der Waals surface area contributed by atoms with Gasteiger partial charge in [0.25, 0.3) is 0 Å². The molecule has 0 amide bonds. The van der Waals surface area contributed by atoms with E-state index in [4.69, 9.17) is 4.42 Å². The molecule has 1 N–H and O–H groups in total. The van der Waals surface area contributed by atoms with Crippen molar-refractivity contribution in [2.75, 3.05) is 39.3 Å². The number of hydrogen-bond donors (Lipinski definition) is 1. The Morgan fingerprint density at radius 2 is 1.90 bits per heavy atom. The first kappa shape index (κ1) is 16.5. The number of nitrogens with zero attached hydrogens (tertiary/aromatic N) is 2. The van der Waals surface area contributed by atoms with Gasteiger partial charge in [0.2, 0.25) is 0 Å². The van der Waals surface area contributed by atoms with Crippen LogP contribution < -0.4 is 5.32 Å². The van der Waals surface area contributed by atoms with Crippen molar-refractivity contribution in [1.82, 2.24) is 15.1 Å². The van der Waals surface area contributed by atoms with Gasteiger partial charge in [0.15, 0.2) is 0 Å². The highest BCUT2D eigenvalue weighted by molar-refractivity contribution is 5.12. The maximum absolute atomic E-state index is 5.69. The summed E-state index contributed by atoms with van der Waals surface area (Å²) < 4.78 is 5.69. The number of hydrogen-bond acceptors (Lipinski definition) is 4. The maximum Gasteiger partial charge on any atom is 0.118 e. The number of rotatable bonds is 8. The minimum atomic E-state index is 0.764. The van der Waals surface area contributed by atoms with E-state index in [9.17, 15) is 0 Å². The Morgan fingerprint density at radius 1 is 1.19 bits per heavy atom. The second-order valence-corrected chi connectivity index (χ2v) is 6.57. The van der Waals surface area contributed by atoms with Crippen molar-refractivity contribution in [3.8, 4) is 0 Å². The zero-order valence-electron chi connectivity index (χ0n) is 13.9. The molecule has 1 fully saturated rings. The summed E-state index contributed by atoms with van der Waals surface area (Å²) in [6.45, 7) is 15.6. The molecule has 0 bridgehead atoms. The molecule has 4 heteroatoms. The van der Waals surface area contributed by atoms with E-state index >= 15 is 0 Å². The van der Waals surface area contributed by atoms with Gasteiger partial charge in [-0.25, -0.2) is 0 Å². The summed E-state index contributed by atoms with van der Waals surface area (Å²) in [6.07, 6.45) is 3.07. The van der Waals surface area contributed by atoms with E-state index in [-0.39, 0.29) is 0 Å². The van der Waals surface area contributed by atoms with Gasteiger partial charge >= 0.3 is 0 Å². The Balaban J connectivity index is 1.71. The summed E-state index contributed by atoms with van der Waals surface area (Å²) in [5, 5.41) is 3.41. The monoisotopic (exact) mass is 293 g/mol. The molecule has 0 atom stereocenters. The molecular weight excluding hydrogens is 262 g/mol. The van der Waals surface area contributed by atoms with Crippen molar-refractivity contribution in [3.05, 3.63) is 23.7 Å². The average molecular weight is 293 g/mol. The van der Waals surface area contributed by atoms with Crippen LogP contribution in [-0.4, -0.2) is 49.1 Å². The van der Waals surface area contributed by atoms with Crippen LogP contribution in [0.5, 0.6) is 0 Å². The Labute approximate surface area is 129 Å². The number of furan rings is 1. The fraction of sp³-hybridized carbons (Fsp3) is 0.765. The molecule has 1 aromatic rings. The van der Waals surface area contributed by atoms with Crippen LogP contribution in [0, 0.1) is 5.92 Å². The zero-order valence-corrected chi connectivity index (χ0v) is 13.9. The van der Waals surface area contributed by atoms with Gasteiger partial charge in [-0.05, 0) is 24.9 Å². The standard InChI is InChI=1S/C17H31N3O/c1-4-5-18-11-16-10-17(21-14-16)13-20-8-6-19(7-9-20)12-15(2)3/h10,14-15,18H,4-9,11-13H2,1-3H3. The van der Waals surface area contributed by atoms with E-state index in [2.05, 4.69) is 42.0 Å². The van der Waals surface area contributed by atoms with Gasteiger partial charge < -0.3 is 14.6 Å². The minimum absolute atomic E-state index is 0.764. The van der Waals surface area contributed by atoms with Crippen LogP contribution in [-0.2, 0) is 13.1 Å². The first-order valence-corrected chi connectivity index (χ1v) is 8.39. The SMILES string of the molecule is CCCNCc1coc(CN2CCN(CC(C)C)CC2)c1. The third kappa shape index (κ3) is 5.81. The highest BCUT2D eigenvalue weighted by Gasteiger charge is 2.18. The average Bonchev–Trinajstić information content (AvgIpc) is 2.88. The normalized spacial score (nSPS) is 17.7. The van der Waals surface area contributed by atoms with Gasteiger partial charge in [-0.1, -0.05) is 20.8 Å². The molecule has 4 nitrogen and oxygen atoms in total. The van der Waals surface area contributed by atoms with Gasteiger partial charge in [0, 0.05) is 44.8 Å². The topological polar surface area (TPSA) is 31.7 Å². The van der Waals surface area contributed by atoms with Crippen molar-refractivity contribution in [2.24, 2.45) is 5.92 Å². The second-order valence-electron chi connectivity index (χ2n) is 6.57. The Kier molecular flexibility index (Phi) is 6.74. The van der Waals surface area contributed by atoms with Crippen molar-refractivity contribution in [2.45, 2.75) is 40.3 Å². The third-order valence-corrected chi connectivity index (χ3v) is 3.93. The fourth-order valence-electron chi connectivity index (χ4n) is 2.88. The van der Waals surface area contributed by atoms with Crippen molar-refractivity contribution in [3.63, 3.8) is 0 Å². The number of nitrogens with one attached hydrogen (secondary N) is 1. The van der Waals surface area contributed by atoms with Gasteiger partial charge in [-0.2, -0.15) is 0 Å². The molecule has 0 radical (unpaired) electrons. The van der Waals surface area contributed by atoms with Gasteiger partial charge in [-0.15, -0.1) is 0 Å². The van der Waals surface area contributed by atoms with Crippen molar-refractivity contribution >= 4 is 0 Å². The lowest BCUT2D eigenvalue weighted by atomic mass is 10.2. The molecule has 0 unspecified atom stereocenters. The number of piperazine rings is 1. The minimum Gasteiger partial charge on any atom is -0.468 e. The second kappa shape index (κ2) is 8.57. The van der Waals surface area contributed by atoms with Crippen LogP contribution in [0.2, 0.25) is 0 Å². The molecule has 2 heterocycles. The van der Waals surface area contributed by atoms with E-state index in [1.807, 2.05) is 6.26 Å². The Hall–Kier alpha value is -0.840. The lowest BCUT2D eigenvalue weighted by molar-refractivity contribution is 0.112. The summed E-state index contributed by atoms with van der Waals surface area (Å²) in [7, 11) is 0. The maximum atomic E-state index is 5.69. The summed E-state index contributed by atoms with van der Waals surface area (Å²) in [5.41, 5.74) is 1.26. The largest absolute Gasteiger partial charge is 0.468 e. The van der Waals surface area contributed by atoms with Crippen LogP contribution in [0.1, 0.15) is 38.5 Å². The smallest absolute Gasteiger partial charge is 0.118 e. The Morgan fingerprint density at radius 3 is 2.57 bits per heavy atom. The fourth-order valence-corrected chi connectivity index (χ4v) is 2.88. The van der Waals surface area contributed by atoms with Gasteiger partial charge in [-0.3, -0.25) is 4.90 Å². The summed E-state index contributed by atoms with van der Waals surface area (Å²) >= 11 is 0. The molecule has 1 saturated heterocycles. The summed E-state index contributed by atoms with van der Waals surface area (Å²) in [4.78, 5) is 5.07. The predicted octanol–water partition coefficient (Wildman–Crippen LogP) is 2.55. The zero-order chi connectivity index (χ0) is 15.1. The van der Waals surface area contributed by atoms with Crippen molar-refractivity contribution < 1.29 is 4.42 Å². The van der Waals surface area contributed by atoms with Gasteiger partial charge in [0.05, 0.1) is 12.8 Å². The van der Waals surface area contributed by atoms with Crippen LogP contribution in [0.25, 0.3) is 0 Å². The molecule has 120 valence electrons. The highest BCUT2D eigenvalue weighted by Crippen LogP contribution is 2.13. The van der Waals surface area contributed by atoms with E-state index in [0.717, 1.165) is 44.4 Å². The highest BCUT2D eigenvalue weighted by atomic mass is 16.3. The first-order valence-electron chi connectivity index (χ1n) is 8.39. The summed E-state index contributed by atoms with van der Waals surface area (Å²) in [5.74, 6) is 1.86. The van der Waals surface area contributed by atoms with E-state index in [1.54, 1.807) is 0 Å². The van der Waals surface area contributed by atoms with Crippen LogP contribution >= 0.6 is 0 Å². The molecule has 0 saturated carbocycles. The first-order chi connectivity index (χ1) is 10.2. The Bertz CT molecular complexity index is 394. The quantitative estimate of drug-likeness (QED) is 0.747. The van der Waals surface area contributed by atoms with Gasteiger partial charge in [0.1, 0.15) is 5.76 Å². The predicted molar refractivity (Wildman–Crippen MR) is 87.3 cm³/mol. The molecule has 0 spiro atoms. The van der Waals surface area contributed by atoms with E-state index in [0.29, 0.717) is 0 Å². The molecule has 1 aliphatic heterocycles. The lowest BCUT2D eigenvalue weighted by Gasteiger charge is -2.35. The molecular formula is C17H31N3O. The molecule has 0 aliphatic carbocycles. The third-order valence-electron chi connectivity index (χ3n) is 3.93. The van der Waals surface area contributed by atoms with E-state index in [1.165, 1.54) is 31.6 Å². The molecule has 1 aliphatic rings. The summed E-state index contributed by atoms with van der Waals surface area (Å²) in [6, 6.07) is 2.20. The molecule has 1 aromatic heterocycles. The van der Waals surface area contributed by atoms with Crippen LogP contribution in [0.3, 0.4) is 0 Å². The molecule has 0 aromatic carbocycles. The van der Waals surface area contributed by atoms with Crippen LogP contribution in [0.4, 0.5) is 0 Å². The van der Waals surface area contributed by atoms with Crippen molar-refractivity contribution in [1.29, 1.82) is 0 Å². The lowest BCUT2D eigenvalue weighted by Crippen LogP contribution is -2.46.